The maximum Gasteiger partial charge on any atom is 0.243 e. The van der Waals surface area contributed by atoms with Crippen molar-refractivity contribution in [2.45, 2.75) is 36.6 Å². The number of aryl methyl sites for hydroxylation is 1. The number of aromatic nitrogens is 3. The molecule has 1 heterocycles. The third kappa shape index (κ3) is 4.71. The molecular weight excluding hydrogens is 404 g/mol. The quantitative estimate of drug-likeness (QED) is 0.503. The highest BCUT2D eigenvalue weighted by molar-refractivity contribution is 7.98. The Morgan fingerprint density at radius 2 is 1.76 bits per heavy atom. The lowest BCUT2D eigenvalue weighted by molar-refractivity contribution is 0.445. The van der Waals surface area contributed by atoms with Crippen molar-refractivity contribution in [3.63, 3.8) is 0 Å². The van der Waals surface area contributed by atoms with Gasteiger partial charge in [0.2, 0.25) is 10.0 Å². The van der Waals surface area contributed by atoms with E-state index in [0.717, 1.165) is 16.5 Å². The van der Waals surface area contributed by atoms with Gasteiger partial charge in [-0.25, -0.2) is 8.42 Å². The fraction of sp³-hybridized carbons (Fsp3) is 0.333. The molecule has 0 amide bonds. The van der Waals surface area contributed by atoms with Crippen LogP contribution in [0, 0.1) is 6.92 Å². The van der Waals surface area contributed by atoms with E-state index in [0.29, 0.717) is 18.9 Å². The predicted molar refractivity (Wildman–Crippen MR) is 117 cm³/mol. The highest BCUT2D eigenvalue weighted by atomic mass is 32.2. The standard InChI is InChI=1S/C21H26N4O2S2/c1-5-25(6-2)29(26,27)19-12-8-11-18(14-19)20-22-23-21(24(20)4)28-15-17-10-7-9-16(3)13-17/h7-14H,5-6,15H2,1-4H3. The van der Waals surface area contributed by atoms with Gasteiger partial charge in [-0.2, -0.15) is 4.31 Å². The van der Waals surface area contributed by atoms with Crippen LogP contribution in [0.4, 0.5) is 0 Å². The smallest absolute Gasteiger partial charge is 0.243 e. The Morgan fingerprint density at radius 3 is 2.45 bits per heavy atom. The zero-order chi connectivity index (χ0) is 21.0. The summed E-state index contributed by atoms with van der Waals surface area (Å²) in [5.41, 5.74) is 3.19. The summed E-state index contributed by atoms with van der Waals surface area (Å²) in [5, 5.41) is 9.40. The van der Waals surface area contributed by atoms with Gasteiger partial charge in [-0.05, 0) is 24.6 Å². The minimum atomic E-state index is -3.52. The van der Waals surface area contributed by atoms with Crippen LogP contribution >= 0.6 is 11.8 Å². The van der Waals surface area contributed by atoms with Crippen LogP contribution in [0.25, 0.3) is 11.4 Å². The van der Waals surface area contributed by atoms with Gasteiger partial charge < -0.3 is 4.57 Å². The number of hydrogen-bond acceptors (Lipinski definition) is 5. The Kier molecular flexibility index (Phi) is 6.77. The van der Waals surface area contributed by atoms with Crippen molar-refractivity contribution in [1.29, 1.82) is 0 Å². The zero-order valence-electron chi connectivity index (χ0n) is 17.2. The van der Waals surface area contributed by atoms with Gasteiger partial charge in [-0.15, -0.1) is 10.2 Å². The van der Waals surface area contributed by atoms with Gasteiger partial charge in [0.15, 0.2) is 11.0 Å². The number of hydrogen-bond donors (Lipinski definition) is 0. The molecule has 0 bridgehead atoms. The third-order valence-electron chi connectivity index (χ3n) is 4.72. The Hall–Kier alpha value is -2.16. The first kappa shape index (κ1) is 21.5. The molecule has 8 heteroatoms. The summed E-state index contributed by atoms with van der Waals surface area (Å²) >= 11 is 1.61. The molecule has 3 aromatic rings. The predicted octanol–water partition coefficient (Wildman–Crippen LogP) is 4.11. The molecule has 2 aromatic carbocycles. The van der Waals surface area contributed by atoms with Crippen molar-refractivity contribution in [1.82, 2.24) is 19.1 Å². The van der Waals surface area contributed by atoms with Crippen LogP contribution in [0.5, 0.6) is 0 Å². The molecule has 29 heavy (non-hydrogen) atoms. The molecule has 6 nitrogen and oxygen atoms in total. The van der Waals surface area contributed by atoms with E-state index in [2.05, 4.69) is 41.4 Å². The molecule has 0 aliphatic rings. The van der Waals surface area contributed by atoms with Crippen LogP contribution in [-0.2, 0) is 22.8 Å². The number of benzene rings is 2. The lowest BCUT2D eigenvalue weighted by atomic mass is 10.2. The summed E-state index contributed by atoms with van der Waals surface area (Å²) in [4.78, 5) is 0.274. The molecule has 3 rings (SSSR count). The molecule has 0 aliphatic heterocycles. The SMILES string of the molecule is CCN(CC)S(=O)(=O)c1cccc(-c2nnc(SCc3cccc(C)c3)n2C)c1. The van der Waals surface area contributed by atoms with Crippen molar-refractivity contribution in [2.24, 2.45) is 7.05 Å². The van der Waals surface area contributed by atoms with Gasteiger partial charge in [0.25, 0.3) is 0 Å². The molecule has 0 radical (unpaired) electrons. The van der Waals surface area contributed by atoms with Crippen molar-refractivity contribution >= 4 is 21.8 Å². The van der Waals surface area contributed by atoms with E-state index < -0.39 is 10.0 Å². The fourth-order valence-corrected chi connectivity index (χ4v) is 5.51. The maximum absolute atomic E-state index is 12.8. The van der Waals surface area contributed by atoms with Gasteiger partial charge >= 0.3 is 0 Å². The monoisotopic (exact) mass is 430 g/mol. The number of sulfonamides is 1. The van der Waals surface area contributed by atoms with Crippen LogP contribution in [0.15, 0.2) is 58.6 Å². The van der Waals surface area contributed by atoms with E-state index in [-0.39, 0.29) is 4.90 Å². The lowest BCUT2D eigenvalue weighted by Crippen LogP contribution is -2.30. The minimum absolute atomic E-state index is 0.274. The zero-order valence-corrected chi connectivity index (χ0v) is 18.8. The van der Waals surface area contributed by atoms with Crippen molar-refractivity contribution in [3.8, 4) is 11.4 Å². The Morgan fingerprint density at radius 1 is 1.03 bits per heavy atom. The second-order valence-corrected chi connectivity index (χ2v) is 9.64. The van der Waals surface area contributed by atoms with Gasteiger partial charge in [0.1, 0.15) is 0 Å². The first-order valence-electron chi connectivity index (χ1n) is 9.55. The van der Waals surface area contributed by atoms with Crippen LogP contribution in [0.2, 0.25) is 0 Å². The normalized spacial score (nSPS) is 11.9. The molecule has 0 unspecified atom stereocenters. The third-order valence-corrected chi connectivity index (χ3v) is 7.86. The van der Waals surface area contributed by atoms with Gasteiger partial charge in [0, 0.05) is 31.5 Å². The van der Waals surface area contributed by atoms with Crippen molar-refractivity contribution < 1.29 is 8.42 Å². The van der Waals surface area contributed by atoms with E-state index in [9.17, 15) is 8.42 Å². The van der Waals surface area contributed by atoms with Gasteiger partial charge in [-0.3, -0.25) is 0 Å². The molecule has 0 saturated heterocycles. The molecule has 0 saturated carbocycles. The molecule has 0 fully saturated rings. The summed E-state index contributed by atoms with van der Waals surface area (Å²) in [6.45, 7) is 6.63. The highest BCUT2D eigenvalue weighted by Crippen LogP contribution is 2.27. The van der Waals surface area contributed by atoms with Crippen LogP contribution in [-0.4, -0.2) is 40.6 Å². The summed E-state index contributed by atoms with van der Waals surface area (Å²) in [6.07, 6.45) is 0. The molecule has 0 spiro atoms. The average molecular weight is 431 g/mol. The Balaban J connectivity index is 1.85. The first-order valence-corrected chi connectivity index (χ1v) is 12.0. The van der Waals surface area contributed by atoms with E-state index in [1.54, 1.807) is 30.0 Å². The molecule has 0 atom stereocenters. The maximum atomic E-state index is 12.8. The second-order valence-electron chi connectivity index (χ2n) is 6.76. The van der Waals surface area contributed by atoms with Gasteiger partial charge in [0.05, 0.1) is 4.90 Å². The van der Waals surface area contributed by atoms with E-state index in [1.165, 1.54) is 15.4 Å². The minimum Gasteiger partial charge on any atom is -0.305 e. The van der Waals surface area contributed by atoms with Crippen LogP contribution in [0.3, 0.4) is 0 Å². The fourth-order valence-electron chi connectivity index (χ4n) is 3.15. The van der Waals surface area contributed by atoms with E-state index in [1.807, 2.05) is 31.5 Å². The van der Waals surface area contributed by atoms with E-state index >= 15 is 0 Å². The Bertz CT molecular complexity index is 1090. The lowest BCUT2D eigenvalue weighted by Gasteiger charge is -2.18. The molecule has 0 N–H and O–H groups in total. The van der Waals surface area contributed by atoms with Crippen LogP contribution < -0.4 is 0 Å². The molecule has 1 aromatic heterocycles. The summed E-state index contributed by atoms with van der Waals surface area (Å²) in [5.74, 6) is 1.44. The highest BCUT2D eigenvalue weighted by Gasteiger charge is 2.22. The molecule has 0 aliphatic carbocycles. The van der Waals surface area contributed by atoms with E-state index in [4.69, 9.17) is 0 Å². The number of rotatable bonds is 8. The summed E-state index contributed by atoms with van der Waals surface area (Å²) in [7, 11) is -1.62. The summed E-state index contributed by atoms with van der Waals surface area (Å²) < 4.78 is 29.0. The first-order chi connectivity index (χ1) is 13.9. The van der Waals surface area contributed by atoms with Crippen molar-refractivity contribution in [2.75, 3.05) is 13.1 Å². The second kappa shape index (κ2) is 9.11. The summed E-state index contributed by atoms with van der Waals surface area (Å²) in [6, 6.07) is 15.3. The van der Waals surface area contributed by atoms with Gasteiger partial charge in [-0.1, -0.05) is 67.6 Å². The molecular formula is C21H26N4O2S2. The average Bonchev–Trinajstić information content (AvgIpc) is 3.08. The largest absolute Gasteiger partial charge is 0.305 e. The number of thioether (sulfide) groups is 1. The molecule has 154 valence electrons. The number of nitrogens with zero attached hydrogens (tertiary/aromatic N) is 4. The topological polar surface area (TPSA) is 68.1 Å². The van der Waals surface area contributed by atoms with Crippen LogP contribution in [0.1, 0.15) is 25.0 Å². The van der Waals surface area contributed by atoms with Crippen molar-refractivity contribution in [3.05, 3.63) is 59.7 Å². The Labute approximate surface area is 177 Å².